The van der Waals surface area contributed by atoms with Crippen molar-refractivity contribution in [3.8, 4) is 28.8 Å². The molecule has 10 heteroatoms. The van der Waals surface area contributed by atoms with E-state index in [4.69, 9.17) is 18.9 Å². The van der Waals surface area contributed by atoms with Gasteiger partial charge in [0.2, 0.25) is 0 Å². The predicted molar refractivity (Wildman–Crippen MR) is 155 cm³/mol. The third kappa shape index (κ3) is 6.13. The third-order valence-electron chi connectivity index (χ3n) is 6.55. The average Bonchev–Trinajstić information content (AvgIpc) is 2.99. The molecule has 0 radical (unpaired) electrons. The van der Waals surface area contributed by atoms with Crippen molar-refractivity contribution in [3.05, 3.63) is 112 Å². The second-order valence-electron chi connectivity index (χ2n) is 9.39. The lowest BCUT2D eigenvalue weighted by molar-refractivity contribution is 0.0990. The van der Waals surface area contributed by atoms with Crippen LogP contribution in [-0.4, -0.2) is 47.8 Å². The fourth-order valence-electron chi connectivity index (χ4n) is 4.43. The monoisotopic (exact) mass is 569 g/mol. The number of ketones is 1. The molecular weight excluding hydrogens is 541 g/mol. The maximum atomic E-state index is 13.4. The van der Waals surface area contributed by atoms with Crippen molar-refractivity contribution in [2.24, 2.45) is 0 Å². The maximum absolute atomic E-state index is 13.4. The summed E-state index contributed by atoms with van der Waals surface area (Å²) >= 11 is 0. The van der Waals surface area contributed by atoms with E-state index >= 15 is 0 Å². The summed E-state index contributed by atoms with van der Waals surface area (Å²) in [4.78, 5) is 35.4. The van der Waals surface area contributed by atoms with Crippen molar-refractivity contribution in [1.82, 2.24) is 14.5 Å². The number of pyridine rings is 3. The fraction of sp³-hybridized carbons (Fsp3) is 0.188. The van der Waals surface area contributed by atoms with Gasteiger partial charge in [-0.3, -0.25) is 19.1 Å². The van der Waals surface area contributed by atoms with Gasteiger partial charge in [-0.1, -0.05) is 12.1 Å². The number of fused-ring (bicyclic) bond motifs is 1. The van der Waals surface area contributed by atoms with Gasteiger partial charge in [-0.25, -0.2) is 9.37 Å². The molecule has 0 saturated carbocycles. The van der Waals surface area contributed by atoms with Crippen molar-refractivity contribution in [2.75, 3.05) is 27.4 Å². The largest absolute Gasteiger partial charge is 0.485 e. The SMILES string of the molecule is COCCOc1cc2nccc(Oc3ccc(CC(=O)c4c(C)ccn(-c5ccc(F)cc5)c4=O)cc3)c2nc1OC. The standard InChI is InChI=1S/C32H28FN3O6/c1-20-13-15-36(23-8-6-22(33)7-9-23)32(38)29(20)26(37)18-21-4-10-24(11-5-21)42-27-12-14-34-25-19-28(41-17-16-39-2)31(40-3)35-30(25)27/h4-15,19H,16-18H2,1-3H3. The zero-order chi connectivity index (χ0) is 29.6. The van der Waals surface area contributed by atoms with E-state index in [2.05, 4.69) is 9.97 Å². The highest BCUT2D eigenvalue weighted by molar-refractivity contribution is 5.98. The summed E-state index contributed by atoms with van der Waals surface area (Å²) in [7, 11) is 3.09. The highest BCUT2D eigenvalue weighted by Gasteiger charge is 2.18. The Bertz CT molecular complexity index is 1790. The van der Waals surface area contributed by atoms with Crippen LogP contribution in [0.4, 0.5) is 4.39 Å². The topological polar surface area (TPSA) is 102 Å². The molecule has 0 aliphatic rings. The number of nitrogens with zero attached hydrogens (tertiary/aromatic N) is 3. The molecule has 3 heterocycles. The molecule has 9 nitrogen and oxygen atoms in total. The molecule has 0 saturated heterocycles. The number of benzene rings is 2. The minimum absolute atomic E-state index is 0.0204. The van der Waals surface area contributed by atoms with Crippen LogP contribution in [-0.2, 0) is 11.2 Å². The number of halogens is 1. The van der Waals surface area contributed by atoms with Crippen LogP contribution in [0.3, 0.4) is 0 Å². The van der Waals surface area contributed by atoms with Gasteiger partial charge >= 0.3 is 0 Å². The molecular formula is C32H28FN3O6. The average molecular weight is 570 g/mol. The summed E-state index contributed by atoms with van der Waals surface area (Å²) in [5.74, 6) is 0.996. The van der Waals surface area contributed by atoms with Gasteiger partial charge in [0, 0.05) is 43.7 Å². The van der Waals surface area contributed by atoms with E-state index in [1.54, 1.807) is 68.9 Å². The van der Waals surface area contributed by atoms with Gasteiger partial charge in [0.25, 0.3) is 11.4 Å². The number of carbonyl (C=O) groups is 1. The molecule has 0 amide bonds. The van der Waals surface area contributed by atoms with E-state index < -0.39 is 11.4 Å². The van der Waals surface area contributed by atoms with Crippen molar-refractivity contribution < 1.29 is 28.1 Å². The van der Waals surface area contributed by atoms with E-state index in [1.807, 2.05) is 0 Å². The zero-order valence-corrected chi connectivity index (χ0v) is 23.3. The zero-order valence-electron chi connectivity index (χ0n) is 23.3. The quantitative estimate of drug-likeness (QED) is 0.152. The van der Waals surface area contributed by atoms with Crippen LogP contribution in [0, 0.1) is 12.7 Å². The Morgan fingerprint density at radius 1 is 0.952 bits per heavy atom. The fourth-order valence-corrected chi connectivity index (χ4v) is 4.43. The molecule has 42 heavy (non-hydrogen) atoms. The van der Waals surface area contributed by atoms with Gasteiger partial charge in [-0.2, -0.15) is 0 Å². The number of aromatic nitrogens is 3. The molecule has 0 fully saturated rings. The van der Waals surface area contributed by atoms with E-state index in [0.29, 0.717) is 64.2 Å². The van der Waals surface area contributed by atoms with E-state index in [-0.39, 0.29) is 17.8 Å². The van der Waals surface area contributed by atoms with Crippen LogP contribution in [0.25, 0.3) is 16.7 Å². The minimum Gasteiger partial charge on any atom is -0.485 e. The number of hydrogen-bond donors (Lipinski definition) is 0. The van der Waals surface area contributed by atoms with Crippen LogP contribution >= 0.6 is 0 Å². The number of aryl methyl sites for hydroxylation is 1. The minimum atomic E-state index is -0.452. The molecule has 5 aromatic rings. The van der Waals surface area contributed by atoms with E-state index in [1.165, 1.54) is 35.9 Å². The Morgan fingerprint density at radius 3 is 2.43 bits per heavy atom. The smallest absolute Gasteiger partial charge is 0.266 e. The van der Waals surface area contributed by atoms with E-state index in [0.717, 1.165) is 0 Å². The first-order valence-electron chi connectivity index (χ1n) is 13.1. The second kappa shape index (κ2) is 12.6. The van der Waals surface area contributed by atoms with Gasteiger partial charge in [0.05, 0.1) is 24.8 Å². The van der Waals surface area contributed by atoms with Crippen LogP contribution in [0.5, 0.6) is 23.1 Å². The van der Waals surface area contributed by atoms with E-state index in [9.17, 15) is 14.0 Å². The lowest BCUT2D eigenvalue weighted by Gasteiger charge is -2.13. The Labute approximate surface area is 241 Å². The normalized spacial score (nSPS) is 11.0. The first-order valence-corrected chi connectivity index (χ1v) is 13.1. The lowest BCUT2D eigenvalue weighted by Crippen LogP contribution is -2.27. The number of methoxy groups -OCH3 is 2. The van der Waals surface area contributed by atoms with Crippen LogP contribution in [0.15, 0.2) is 83.9 Å². The Morgan fingerprint density at radius 2 is 1.71 bits per heavy atom. The summed E-state index contributed by atoms with van der Waals surface area (Å²) in [5, 5.41) is 0. The molecule has 0 aliphatic carbocycles. The number of Topliss-reactive ketones (excluding diaryl/α,β-unsaturated/α-hetero) is 1. The molecule has 0 unspecified atom stereocenters. The Hall–Kier alpha value is -5.09. The molecule has 0 aliphatic heterocycles. The van der Waals surface area contributed by atoms with Gasteiger partial charge in [-0.05, 0) is 60.5 Å². The molecule has 0 bridgehead atoms. The maximum Gasteiger partial charge on any atom is 0.266 e. The second-order valence-corrected chi connectivity index (χ2v) is 9.39. The molecule has 3 aromatic heterocycles. The van der Waals surface area contributed by atoms with Crippen LogP contribution in [0.2, 0.25) is 0 Å². The highest BCUT2D eigenvalue weighted by Crippen LogP contribution is 2.34. The van der Waals surface area contributed by atoms with Crippen molar-refractivity contribution in [3.63, 3.8) is 0 Å². The van der Waals surface area contributed by atoms with Crippen molar-refractivity contribution >= 4 is 16.8 Å². The molecule has 0 N–H and O–H groups in total. The molecule has 0 spiro atoms. The number of rotatable bonds is 11. The number of hydrogen-bond acceptors (Lipinski definition) is 8. The molecule has 214 valence electrons. The molecule has 0 atom stereocenters. The number of carbonyl (C=O) groups excluding carboxylic acids is 1. The summed E-state index contributed by atoms with van der Waals surface area (Å²) in [6, 6.07) is 17.7. The summed E-state index contributed by atoms with van der Waals surface area (Å²) in [6.45, 7) is 2.47. The molecule has 2 aromatic carbocycles. The van der Waals surface area contributed by atoms with Gasteiger partial charge in [-0.15, -0.1) is 0 Å². The Balaban J connectivity index is 1.34. The number of ether oxygens (including phenoxy) is 4. The van der Waals surface area contributed by atoms with Crippen molar-refractivity contribution in [1.29, 1.82) is 0 Å². The third-order valence-corrected chi connectivity index (χ3v) is 6.55. The van der Waals surface area contributed by atoms with Crippen LogP contribution < -0.4 is 19.8 Å². The van der Waals surface area contributed by atoms with Crippen LogP contribution in [0.1, 0.15) is 21.5 Å². The lowest BCUT2D eigenvalue weighted by atomic mass is 10.0. The van der Waals surface area contributed by atoms with Crippen molar-refractivity contribution in [2.45, 2.75) is 13.3 Å². The first kappa shape index (κ1) is 28.4. The summed E-state index contributed by atoms with van der Waals surface area (Å²) < 4.78 is 36.9. The van der Waals surface area contributed by atoms with Gasteiger partial charge in [0.1, 0.15) is 23.7 Å². The first-order chi connectivity index (χ1) is 20.4. The summed E-state index contributed by atoms with van der Waals surface area (Å²) in [5.41, 5.74) is 2.45. The van der Waals surface area contributed by atoms with Gasteiger partial charge in [0.15, 0.2) is 17.3 Å². The van der Waals surface area contributed by atoms with Gasteiger partial charge < -0.3 is 18.9 Å². The predicted octanol–water partition coefficient (Wildman–Crippen LogP) is 5.48. The molecule has 5 rings (SSSR count). The summed E-state index contributed by atoms with van der Waals surface area (Å²) in [6.07, 6.45) is 3.21. The highest BCUT2D eigenvalue weighted by atomic mass is 19.1. The Kier molecular flexibility index (Phi) is 8.54.